The molecule has 0 radical (unpaired) electrons. The maximum atomic E-state index is 12.5. The highest BCUT2D eigenvalue weighted by Crippen LogP contribution is 2.42. The lowest BCUT2D eigenvalue weighted by molar-refractivity contribution is -0.205. The maximum Gasteiger partial charge on any atom is 0.282 e. The van der Waals surface area contributed by atoms with Gasteiger partial charge in [-0.2, -0.15) is 0 Å². The Hall–Kier alpha value is -2.06. The van der Waals surface area contributed by atoms with Crippen molar-refractivity contribution in [2.45, 2.75) is 31.1 Å². The van der Waals surface area contributed by atoms with E-state index in [9.17, 15) is 14.3 Å². The van der Waals surface area contributed by atoms with E-state index in [4.69, 9.17) is 25.2 Å². The minimum Gasteiger partial charge on any atom is -0.779 e. The first-order valence-corrected chi connectivity index (χ1v) is 10.3. The molecule has 1 aliphatic heterocycles. The molecule has 12 heteroatoms. The fourth-order valence-electron chi connectivity index (χ4n) is 3.17. The zero-order chi connectivity index (χ0) is 20.5. The number of rotatable bonds is 7. The highest BCUT2D eigenvalue weighted by Gasteiger charge is 2.48. The summed E-state index contributed by atoms with van der Waals surface area (Å²) in [6.07, 6.45) is 4.64. The van der Waals surface area contributed by atoms with Gasteiger partial charge in [-0.05, 0) is 0 Å². The van der Waals surface area contributed by atoms with Crippen LogP contribution in [0.4, 0.5) is 0 Å². The summed E-state index contributed by atoms with van der Waals surface area (Å²) >= 11 is 0. The second kappa shape index (κ2) is 8.13. The molecule has 152 valence electrons. The third-order valence-electron chi connectivity index (χ3n) is 4.29. The van der Waals surface area contributed by atoms with E-state index in [-0.39, 0.29) is 24.3 Å². The van der Waals surface area contributed by atoms with Crippen molar-refractivity contribution in [3.05, 3.63) is 23.0 Å². The minimum atomic E-state index is -4.08. The Morgan fingerprint density at radius 3 is 2.71 bits per heavy atom. The van der Waals surface area contributed by atoms with Crippen LogP contribution in [0.3, 0.4) is 0 Å². The van der Waals surface area contributed by atoms with Gasteiger partial charge in [0.1, 0.15) is 32.2 Å². The molecule has 1 aliphatic rings. The molecule has 2 aromatic rings. The van der Waals surface area contributed by atoms with E-state index in [1.165, 1.54) is 36.0 Å². The Labute approximate surface area is 160 Å². The van der Waals surface area contributed by atoms with Gasteiger partial charge < -0.3 is 28.2 Å². The molecule has 28 heavy (non-hydrogen) atoms. The summed E-state index contributed by atoms with van der Waals surface area (Å²) in [5.41, 5.74) is -0.0367. The molecule has 0 N–H and O–H groups in total. The quantitative estimate of drug-likeness (QED) is 0.431. The van der Waals surface area contributed by atoms with Gasteiger partial charge >= 0.3 is 0 Å². The topological polar surface area (TPSA) is 130 Å². The molecule has 2 unspecified atom stereocenters. The normalized spacial score (nSPS) is 27.0. The van der Waals surface area contributed by atoms with Gasteiger partial charge in [0.2, 0.25) is 0 Å². The molecule has 0 bridgehead atoms. The Balaban J connectivity index is 2.02. The molecule has 1 saturated heterocycles. The number of nitrogens with zero attached hydrogens (tertiary/aromatic N) is 4. The van der Waals surface area contributed by atoms with E-state index in [1.54, 1.807) is 0 Å². The van der Waals surface area contributed by atoms with Crippen molar-refractivity contribution < 1.29 is 28.2 Å². The van der Waals surface area contributed by atoms with E-state index in [0.717, 1.165) is 6.66 Å². The van der Waals surface area contributed by atoms with Crippen LogP contribution in [0, 0.1) is 12.3 Å². The fourth-order valence-corrected chi connectivity index (χ4v) is 3.87. The number of hydrogen-bond acceptors (Lipinski definition) is 9. The molecule has 0 spiro atoms. The van der Waals surface area contributed by atoms with E-state index in [2.05, 4.69) is 15.9 Å². The van der Waals surface area contributed by atoms with Crippen LogP contribution in [-0.4, -0.2) is 64.9 Å². The van der Waals surface area contributed by atoms with E-state index >= 15 is 0 Å². The summed E-state index contributed by atoms with van der Waals surface area (Å²) in [6.45, 7) is 1.12. The maximum absolute atomic E-state index is 12.5. The first-order valence-electron chi connectivity index (χ1n) is 8.30. The lowest BCUT2D eigenvalue weighted by Gasteiger charge is -2.28. The summed E-state index contributed by atoms with van der Waals surface area (Å²) in [7, 11) is -1.21. The van der Waals surface area contributed by atoms with Crippen LogP contribution in [0.2, 0.25) is 0 Å². The average molecular weight is 411 g/mol. The number of ether oxygens (including phenoxy) is 3. The number of aromatic nitrogens is 4. The van der Waals surface area contributed by atoms with E-state index in [0.29, 0.717) is 0 Å². The summed E-state index contributed by atoms with van der Waals surface area (Å²) in [5.74, 6) is 2.37. The van der Waals surface area contributed by atoms with E-state index < -0.39 is 37.7 Å². The number of imidazole rings is 1. The van der Waals surface area contributed by atoms with Crippen molar-refractivity contribution in [1.29, 1.82) is 0 Å². The van der Waals surface area contributed by atoms with E-state index in [1.807, 2.05) is 0 Å². The van der Waals surface area contributed by atoms with Gasteiger partial charge in [0.05, 0.1) is 19.5 Å². The average Bonchev–Trinajstić information content (AvgIpc) is 3.18. The molecule has 3 heterocycles. The molecule has 11 nitrogen and oxygen atoms in total. The second-order valence-electron chi connectivity index (χ2n) is 6.27. The third-order valence-corrected chi connectivity index (χ3v) is 4.91. The molecule has 1 fully saturated rings. The second-order valence-corrected chi connectivity index (χ2v) is 8.02. The summed E-state index contributed by atoms with van der Waals surface area (Å²) in [6, 6.07) is 0. The van der Waals surface area contributed by atoms with Crippen LogP contribution in [0.5, 0.6) is 0 Å². The highest BCUT2D eigenvalue weighted by atomic mass is 31.2. The van der Waals surface area contributed by atoms with Crippen molar-refractivity contribution in [3.8, 4) is 12.3 Å². The number of terminal acetylenes is 1. The highest BCUT2D eigenvalue weighted by molar-refractivity contribution is 7.50. The lowest BCUT2D eigenvalue weighted by atomic mass is 10.1. The minimum absolute atomic E-state index is 0.0658. The molecule has 2 aromatic heterocycles. The van der Waals surface area contributed by atoms with Gasteiger partial charge in [0.25, 0.3) is 5.56 Å². The number of fused-ring (bicyclic) bond motifs is 1. The number of methoxy groups -OCH3 is 2. The van der Waals surface area contributed by atoms with Crippen molar-refractivity contribution >= 4 is 18.8 Å². The molecule has 5 atom stereocenters. The van der Waals surface area contributed by atoms with Crippen LogP contribution in [0.25, 0.3) is 11.2 Å². The van der Waals surface area contributed by atoms with Gasteiger partial charge in [-0.25, -0.2) is 9.97 Å². The fraction of sp³-hybridized carbons (Fsp3) is 0.562. The van der Waals surface area contributed by atoms with Gasteiger partial charge in [-0.1, -0.05) is 5.92 Å². The zero-order valence-corrected chi connectivity index (χ0v) is 16.4. The summed E-state index contributed by atoms with van der Waals surface area (Å²) in [5, 5.41) is 0. The third kappa shape index (κ3) is 3.89. The van der Waals surface area contributed by atoms with Crippen LogP contribution in [0.1, 0.15) is 6.23 Å². The van der Waals surface area contributed by atoms with Gasteiger partial charge in [-0.3, -0.25) is 13.9 Å². The molecular weight excluding hydrogens is 391 g/mol. The number of hydrogen-bond donors (Lipinski definition) is 0. The Morgan fingerprint density at radius 1 is 1.36 bits per heavy atom. The van der Waals surface area contributed by atoms with Crippen molar-refractivity contribution in [3.63, 3.8) is 0 Å². The Bertz CT molecular complexity index is 991. The van der Waals surface area contributed by atoms with Crippen LogP contribution in [-0.2, 0) is 29.8 Å². The van der Waals surface area contributed by atoms with Gasteiger partial charge in [-0.15, -0.1) is 6.42 Å². The Kier molecular flexibility index (Phi) is 6.00. The predicted molar refractivity (Wildman–Crippen MR) is 95.6 cm³/mol. The molecule has 0 aliphatic carbocycles. The molecule has 3 rings (SSSR count). The zero-order valence-electron chi connectivity index (χ0n) is 15.5. The smallest absolute Gasteiger partial charge is 0.282 e. The van der Waals surface area contributed by atoms with Crippen LogP contribution < -0.4 is 10.5 Å². The van der Waals surface area contributed by atoms with Gasteiger partial charge in [0, 0.05) is 20.9 Å². The van der Waals surface area contributed by atoms with Crippen molar-refractivity contribution in [2.75, 3.05) is 27.5 Å². The lowest BCUT2D eigenvalue weighted by Crippen LogP contribution is -2.38. The predicted octanol–water partition coefficient (Wildman–Crippen LogP) is -0.647. The summed E-state index contributed by atoms with van der Waals surface area (Å²) in [4.78, 5) is 32.6. The largest absolute Gasteiger partial charge is 0.779 e. The molecule has 0 aromatic carbocycles. The summed E-state index contributed by atoms with van der Waals surface area (Å²) < 4.78 is 36.2. The molecule has 0 saturated carbocycles. The first kappa shape index (κ1) is 20.7. The first-order chi connectivity index (χ1) is 13.3. The van der Waals surface area contributed by atoms with Crippen LogP contribution in [0.15, 0.2) is 17.4 Å². The van der Waals surface area contributed by atoms with Crippen LogP contribution >= 0.6 is 7.60 Å². The van der Waals surface area contributed by atoms with Gasteiger partial charge in [0.15, 0.2) is 17.4 Å². The monoisotopic (exact) mass is 411 g/mol. The Morgan fingerprint density at radius 2 is 2.11 bits per heavy atom. The van der Waals surface area contributed by atoms with Crippen molar-refractivity contribution in [2.24, 2.45) is 0 Å². The molecular formula is C16H20N4O7P-. The standard InChI is InChI=1S/C16H21N4O7P/c1-5-6-19-8-18-14-11(15(19)21)17-9-20(14)16-13(25-3)12(27-28(4,22)23)10(26-16)7-24-2/h1,8-10,12-13,16H,6-7H2,2-4H3,(H,22,23)/p-1/t10-,12+,13?,16-/m1/s1. The molecule has 0 amide bonds. The SMILES string of the molecule is C#CCn1cnc2c(ncn2[C@@H]2O[C@H](COC)[C@H](OP(C)(=O)[O-])C2OC)c1=O. The van der Waals surface area contributed by atoms with Crippen molar-refractivity contribution in [1.82, 2.24) is 19.1 Å².